The summed E-state index contributed by atoms with van der Waals surface area (Å²) in [4.78, 5) is 12.2. The molecule has 19 heavy (non-hydrogen) atoms. The van der Waals surface area contributed by atoms with Gasteiger partial charge in [0.2, 0.25) is 0 Å². The molecule has 3 N–H and O–H groups in total. The minimum absolute atomic E-state index is 0.260. The zero-order chi connectivity index (χ0) is 14.0. The van der Waals surface area contributed by atoms with Crippen LogP contribution in [0, 0.1) is 13.8 Å². The Balaban J connectivity index is 2.27. The summed E-state index contributed by atoms with van der Waals surface area (Å²) in [6.07, 6.45) is 1.78. The molecule has 7 nitrogen and oxygen atoms in total. The third-order valence-electron chi connectivity index (χ3n) is 2.70. The van der Waals surface area contributed by atoms with Crippen molar-refractivity contribution in [2.75, 3.05) is 5.32 Å². The highest BCUT2D eigenvalue weighted by Crippen LogP contribution is 2.14. The number of hydrogen-bond acceptors (Lipinski definition) is 5. The fourth-order valence-electron chi connectivity index (χ4n) is 1.75. The number of hydrogen-bond donors (Lipinski definition) is 2. The second-order valence-electron chi connectivity index (χ2n) is 4.32. The van der Waals surface area contributed by atoms with E-state index in [2.05, 4.69) is 20.6 Å². The molecule has 0 bridgehead atoms. The van der Waals surface area contributed by atoms with Crippen molar-refractivity contribution in [2.24, 2.45) is 12.8 Å². The largest absolute Gasteiger partial charge is 0.326 e. The predicted octanol–water partition coefficient (Wildman–Crippen LogP) is 0.538. The highest BCUT2D eigenvalue weighted by molar-refractivity contribution is 6.04. The summed E-state index contributed by atoms with van der Waals surface area (Å²) in [5, 5.41) is 14.7. The van der Waals surface area contributed by atoms with Gasteiger partial charge >= 0.3 is 0 Å². The van der Waals surface area contributed by atoms with E-state index in [9.17, 15) is 4.79 Å². The summed E-state index contributed by atoms with van der Waals surface area (Å²) in [6, 6.07) is 1.70. The molecule has 7 heteroatoms. The molecule has 0 aromatic carbocycles. The average Bonchev–Trinajstić information content (AvgIpc) is 2.72. The average molecular weight is 260 g/mol. The van der Waals surface area contributed by atoms with Gasteiger partial charge in [-0.25, -0.2) is 0 Å². The van der Waals surface area contributed by atoms with E-state index >= 15 is 0 Å². The monoisotopic (exact) mass is 260 g/mol. The third kappa shape index (κ3) is 2.76. The van der Waals surface area contributed by atoms with Gasteiger partial charge in [-0.05, 0) is 19.9 Å². The zero-order valence-corrected chi connectivity index (χ0v) is 11.1. The van der Waals surface area contributed by atoms with E-state index in [-0.39, 0.29) is 5.91 Å². The first-order chi connectivity index (χ1) is 9.01. The van der Waals surface area contributed by atoms with Gasteiger partial charge in [0.25, 0.3) is 5.91 Å². The van der Waals surface area contributed by atoms with Gasteiger partial charge in [-0.1, -0.05) is 0 Å². The van der Waals surface area contributed by atoms with Crippen LogP contribution in [0.3, 0.4) is 0 Å². The van der Waals surface area contributed by atoms with Gasteiger partial charge in [0.05, 0.1) is 17.0 Å². The molecule has 2 aromatic rings. The Labute approximate surface area is 110 Å². The van der Waals surface area contributed by atoms with Gasteiger partial charge in [0, 0.05) is 25.4 Å². The van der Waals surface area contributed by atoms with Crippen LogP contribution in [-0.2, 0) is 13.6 Å². The maximum Gasteiger partial charge on any atom is 0.258 e. The lowest BCUT2D eigenvalue weighted by atomic mass is 10.2. The minimum atomic E-state index is -0.260. The molecule has 0 fully saturated rings. The summed E-state index contributed by atoms with van der Waals surface area (Å²) in [6.45, 7) is 3.84. The molecule has 0 aliphatic heterocycles. The summed E-state index contributed by atoms with van der Waals surface area (Å²) < 4.78 is 1.61. The lowest BCUT2D eigenvalue weighted by Gasteiger charge is -2.06. The number of anilines is 1. The molecule has 1 amide bonds. The molecule has 0 saturated heterocycles. The van der Waals surface area contributed by atoms with Crippen molar-refractivity contribution in [3.63, 3.8) is 0 Å². The molecule has 0 aliphatic rings. The summed E-state index contributed by atoms with van der Waals surface area (Å²) in [5.41, 5.74) is 8.14. The molecule has 0 spiro atoms. The number of amides is 1. The fourth-order valence-corrected chi connectivity index (χ4v) is 1.75. The molecule has 0 saturated carbocycles. The summed E-state index contributed by atoms with van der Waals surface area (Å²) in [7, 11) is 1.78. The van der Waals surface area contributed by atoms with Crippen LogP contribution >= 0.6 is 0 Å². The summed E-state index contributed by atoms with van der Waals surface area (Å²) >= 11 is 0. The standard InChI is InChI=1S/C12H16N6O/c1-7-4-10(8(2)16-15-7)12(19)14-11-9(5-13)6-18(3)17-11/h4,6H,5,13H2,1-3H3,(H,14,17,19). The summed E-state index contributed by atoms with van der Waals surface area (Å²) in [5.74, 6) is 0.216. The van der Waals surface area contributed by atoms with E-state index in [1.54, 1.807) is 37.8 Å². The smallest absolute Gasteiger partial charge is 0.258 e. The van der Waals surface area contributed by atoms with Crippen LogP contribution in [0.1, 0.15) is 27.3 Å². The Hall–Kier alpha value is -2.28. The molecule has 0 atom stereocenters. The topological polar surface area (TPSA) is 98.7 Å². The number of carbonyl (C=O) groups is 1. The van der Waals surface area contributed by atoms with Crippen molar-refractivity contribution >= 4 is 11.7 Å². The quantitative estimate of drug-likeness (QED) is 0.839. The van der Waals surface area contributed by atoms with Gasteiger partial charge in [-0.15, -0.1) is 0 Å². The van der Waals surface area contributed by atoms with Crippen LogP contribution in [0.5, 0.6) is 0 Å². The number of aromatic nitrogens is 4. The first kappa shape index (κ1) is 13.2. The van der Waals surface area contributed by atoms with E-state index in [0.717, 1.165) is 5.56 Å². The molecule has 2 rings (SSSR count). The molecular weight excluding hydrogens is 244 g/mol. The Morgan fingerprint density at radius 1 is 1.42 bits per heavy atom. The minimum Gasteiger partial charge on any atom is -0.326 e. The highest BCUT2D eigenvalue weighted by Gasteiger charge is 2.15. The number of aryl methyl sites for hydroxylation is 3. The van der Waals surface area contributed by atoms with Gasteiger partial charge in [-0.2, -0.15) is 15.3 Å². The third-order valence-corrected chi connectivity index (χ3v) is 2.70. The lowest BCUT2D eigenvalue weighted by Crippen LogP contribution is -2.17. The molecule has 0 aliphatic carbocycles. The van der Waals surface area contributed by atoms with Crippen molar-refractivity contribution in [3.8, 4) is 0 Å². The molecule has 2 heterocycles. The number of rotatable bonds is 3. The molecule has 100 valence electrons. The van der Waals surface area contributed by atoms with E-state index in [4.69, 9.17) is 5.73 Å². The van der Waals surface area contributed by atoms with Crippen LogP contribution in [0.2, 0.25) is 0 Å². The van der Waals surface area contributed by atoms with Crippen LogP contribution < -0.4 is 11.1 Å². The SMILES string of the molecule is Cc1cc(C(=O)Nc2nn(C)cc2CN)c(C)nn1. The second-order valence-corrected chi connectivity index (χ2v) is 4.32. The maximum atomic E-state index is 12.2. The Kier molecular flexibility index (Phi) is 3.57. The van der Waals surface area contributed by atoms with Crippen LogP contribution in [0.15, 0.2) is 12.3 Å². The molecule has 2 aromatic heterocycles. The van der Waals surface area contributed by atoms with E-state index in [1.807, 2.05) is 0 Å². The highest BCUT2D eigenvalue weighted by atomic mass is 16.1. The van der Waals surface area contributed by atoms with Crippen LogP contribution in [0.4, 0.5) is 5.82 Å². The molecular formula is C12H16N6O. The van der Waals surface area contributed by atoms with Gasteiger partial charge < -0.3 is 11.1 Å². The van der Waals surface area contributed by atoms with Crippen molar-refractivity contribution in [2.45, 2.75) is 20.4 Å². The van der Waals surface area contributed by atoms with Crippen LogP contribution in [0.25, 0.3) is 0 Å². The molecule has 0 radical (unpaired) electrons. The predicted molar refractivity (Wildman–Crippen MR) is 70.6 cm³/mol. The lowest BCUT2D eigenvalue weighted by molar-refractivity contribution is 0.102. The van der Waals surface area contributed by atoms with Crippen LogP contribution in [-0.4, -0.2) is 25.9 Å². The number of nitrogens with one attached hydrogen (secondary N) is 1. The Bertz CT molecular complexity index is 619. The van der Waals surface area contributed by atoms with Gasteiger partial charge in [0.1, 0.15) is 0 Å². The fraction of sp³-hybridized carbons (Fsp3) is 0.333. The molecule has 0 unspecified atom stereocenters. The normalized spacial score (nSPS) is 10.5. The Morgan fingerprint density at radius 2 is 2.16 bits per heavy atom. The van der Waals surface area contributed by atoms with Crippen molar-refractivity contribution in [1.29, 1.82) is 0 Å². The maximum absolute atomic E-state index is 12.2. The zero-order valence-electron chi connectivity index (χ0n) is 11.1. The van der Waals surface area contributed by atoms with Gasteiger partial charge in [-0.3, -0.25) is 9.48 Å². The first-order valence-electron chi connectivity index (χ1n) is 5.86. The van der Waals surface area contributed by atoms with E-state index in [1.165, 1.54) is 0 Å². The van der Waals surface area contributed by atoms with E-state index < -0.39 is 0 Å². The number of nitrogens with two attached hydrogens (primary N) is 1. The Morgan fingerprint density at radius 3 is 2.84 bits per heavy atom. The van der Waals surface area contributed by atoms with Crippen molar-refractivity contribution in [3.05, 3.63) is 34.8 Å². The van der Waals surface area contributed by atoms with Crippen molar-refractivity contribution in [1.82, 2.24) is 20.0 Å². The number of carbonyl (C=O) groups excluding carboxylic acids is 1. The van der Waals surface area contributed by atoms with E-state index in [0.29, 0.717) is 29.3 Å². The van der Waals surface area contributed by atoms with Crippen molar-refractivity contribution < 1.29 is 4.79 Å². The first-order valence-corrected chi connectivity index (χ1v) is 5.86. The second kappa shape index (κ2) is 5.15. The van der Waals surface area contributed by atoms with Gasteiger partial charge in [0.15, 0.2) is 5.82 Å². The number of nitrogens with zero attached hydrogens (tertiary/aromatic N) is 4.